The van der Waals surface area contributed by atoms with Gasteiger partial charge in [0.1, 0.15) is 5.02 Å². The van der Waals surface area contributed by atoms with Crippen molar-refractivity contribution in [3.63, 3.8) is 0 Å². The highest BCUT2D eigenvalue weighted by molar-refractivity contribution is 9.10. The fraction of sp³-hybridized carbons (Fsp3) is 0.0714. The van der Waals surface area contributed by atoms with Gasteiger partial charge in [-0.05, 0) is 23.8 Å². The van der Waals surface area contributed by atoms with Crippen LogP contribution in [-0.4, -0.2) is 10.8 Å². The maximum atomic E-state index is 12.0. The molecule has 0 unspecified atom stereocenters. The summed E-state index contributed by atoms with van der Waals surface area (Å²) in [5, 5.41) is 13.5. The van der Waals surface area contributed by atoms with Gasteiger partial charge >= 0.3 is 0 Å². The molecule has 0 bridgehead atoms. The zero-order valence-electron chi connectivity index (χ0n) is 10.7. The standard InChI is InChI=1S/C14H10BrClN2O3/c15-11-4-2-1-3-10(11)8-17-14(19)9-5-6-12(16)13(7-9)18(20)21/h1-7H,8H2,(H,17,19). The zero-order chi connectivity index (χ0) is 15.4. The number of nitrogens with zero attached hydrogens (tertiary/aromatic N) is 1. The summed E-state index contributed by atoms with van der Waals surface area (Å²) in [5.74, 6) is -0.398. The summed E-state index contributed by atoms with van der Waals surface area (Å²) < 4.78 is 0.882. The largest absolute Gasteiger partial charge is 0.348 e. The quantitative estimate of drug-likeness (QED) is 0.655. The lowest BCUT2D eigenvalue weighted by Crippen LogP contribution is -2.23. The Morgan fingerprint density at radius 1 is 1.29 bits per heavy atom. The minimum absolute atomic E-state index is 0.00218. The first kappa shape index (κ1) is 15.5. The number of hydrogen-bond donors (Lipinski definition) is 1. The number of nitrogens with one attached hydrogen (secondary N) is 1. The van der Waals surface area contributed by atoms with Crippen molar-refractivity contribution in [2.75, 3.05) is 0 Å². The van der Waals surface area contributed by atoms with Crippen LogP contribution in [0.15, 0.2) is 46.9 Å². The average molecular weight is 370 g/mol. The minimum atomic E-state index is -0.618. The van der Waals surface area contributed by atoms with Gasteiger partial charge in [-0.15, -0.1) is 0 Å². The second-order valence-electron chi connectivity index (χ2n) is 4.20. The summed E-state index contributed by atoms with van der Waals surface area (Å²) in [5.41, 5.74) is 0.817. The van der Waals surface area contributed by atoms with Crippen molar-refractivity contribution in [1.82, 2.24) is 5.32 Å². The second-order valence-corrected chi connectivity index (χ2v) is 5.46. The van der Waals surface area contributed by atoms with E-state index in [9.17, 15) is 14.9 Å². The molecule has 0 spiro atoms. The molecule has 2 aromatic rings. The van der Waals surface area contributed by atoms with E-state index in [1.807, 2.05) is 24.3 Å². The molecule has 2 aromatic carbocycles. The summed E-state index contributed by atoms with van der Waals surface area (Å²) >= 11 is 9.09. The first-order valence-corrected chi connectivity index (χ1v) is 7.11. The molecular weight excluding hydrogens is 360 g/mol. The summed E-state index contributed by atoms with van der Waals surface area (Å²) in [4.78, 5) is 22.2. The van der Waals surface area contributed by atoms with Crippen LogP contribution in [0.3, 0.4) is 0 Å². The van der Waals surface area contributed by atoms with Gasteiger partial charge in [0.15, 0.2) is 0 Å². The molecule has 0 atom stereocenters. The van der Waals surface area contributed by atoms with E-state index >= 15 is 0 Å². The van der Waals surface area contributed by atoms with Crippen LogP contribution < -0.4 is 5.32 Å². The molecule has 0 aliphatic heterocycles. The number of amides is 1. The third-order valence-corrected chi connectivity index (χ3v) is 3.90. The van der Waals surface area contributed by atoms with Crippen LogP contribution in [-0.2, 0) is 6.54 Å². The van der Waals surface area contributed by atoms with Crippen LogP contribution in [0.5, 0.6) is 0 Å². The van der Waals surface area contributed by atoms with Gasteiger partial charge in [-0.1, -0.05) is 45.7 Å². The molecule has 0 fully saturated rings. The van der Waals surface area contributed by atoms with E-state index in [4.69, 9.17) is 11.6 Å². The molecule has 0 saturated carbocycles. The van der Waals surface area contributed by atoms with Crippen LogP contribution in [0.2, 0.25) is 5.02 Å². The normalized spacial score (nSPS) is 10.2. The Morgan fingerprint density at radius 3 is 2.67 bits per heavy atom. The van der Waals surface area contributed by atoms with E-state index in [0.29, 0.717) is 6.54 Å². The molecule has 1 amide bonds. The molecule has 108 valence electrons. The van der Waals surface area contributed by atoms with Gasteiger partial charge in [0.05, 0.1) is 4.92 Å². The summed E-state index contributed by atoms with van der Waals surface area (Å²) in [7, 11) is 0. The van der Waals surface area contributed by atoms with E-state index in [1.54, 1.807) is 0 Å². The summed E-state index contributed by atoms with van der Waals surface area (Å²) in [6.45, 7) is 0.316. The predicted molar refractivity (Wildman–Crippen MR) is 83.4 cm³/mol. The van der Waals surface area contributed by atoms with Crippen molar-refractivity contribution in [3.05, 3.63) is 73.2 Å². The molecule has 1 N–H and O–H groups in total. The SMILES string of the molecule is O=C(NCc1ccccc1Br)c1ccc(Cl)c([N+](=O)[O-])c1. The number of benzene rings is 2. The lowest BCUT2D eigenvalue weighted by Gasteiger charge is -2.07. The van der Waals surface area contributed by atoms with Gasteiger partial charge in [0.2, 0.25) is 0 Å². The van der Waals surface area contributed by atoms with Gasteiger partial charge in [0, 0.05) is 22.6 Å². The van der Waals surface area contributed by atoms with E-state index in [1.165, 1.54) is 12.1 Å². The van der Waals surface area contributed by atoms with Crippen LogP contribution in [0, 0.1) is 10.1 Å². The molecule has 7 heteroatoms. The number of nitro groups is 1. The Bertz CT molecular complexity index is 706. The van der Waals surface area contributed by atoms with Crippen molar-refractivity contribution in [2.24, 2.45) is 0 Å². The van der Waals surface area contributed by atoms with Crippen molar-refractivity contribution in [2.45, 2.75) is 6.54 Å². The second kappa shape index (κ2) is 6.69. The van der Waals surface area contributed by atoms with Gasteiger partial charge in [-0.25, -0.2) is 0 Å². The summed E-state index contributed by atoms with van der Waals surface area (Å²) in [6, 6.07) is 11.4. The topological polar surface area (TPSA) is 72.2 Å². The monoisotopic (exact) mass is 368 g/mol. The molecule has 0 aromatic heterocycles. The zero-order valence-corrected chi connectivity index (χ0v) is 13.0. The maximum absolute atomic E-state index is 12.0. The molecule has 0 aliphatic rings. The first-order valence-electron chi connectivity index (χ1n) is 5.94. The van der Waals surface area contributed by atoms with E-state index in [2.05, 4.69) is 21.2 Å². The lowest BCUT2D eigenvalue weighted by molar-refractivity contribution is -0.384. The molecule has 5 nitrogen and oxygen atoms in total. The number of carbonyl (C=O) groups excluding carboxylic acids is 1. The van der Waals surface area contributed by atoms with Gasteiger partial charge in [0.25, 0.3) is 11.6 Å². The highest BCUT2D eigenvalue weighted by Gasteiger charge is 2.16. The van der Waals surface area contributed by atoms with Crippen LogP contribution in [0.4, 0.5) is 5.69 Å². The number of rotatable bonds is 4. The van der Waals surface area contributed by atoms with Crippen LogP contribution in [0.1, 0.15) is 15.9 Å². The highest BCUT2D eigenvalue weighted by Crippen LogP contribution is 2.25. The molecule has 2 rings (SSSR count). The molecule has 0 saturated heterocycles. The van der Waals surface area contributed by atoms with E-state index in [0.717, 1.165) is 16.1 Å². The molecule has 21 heavy (non-hydrogen) atoms. The molecule has 0 radical (unpaired) electrons. The van der Waals surface area contributed by atoms with Crippen LogP contribution >= 0.6 is 27.5 Å². The Morgan fingerprint density at radius 2 is 2.00 bits per heavy atom. The number of carbonyl (C=O) groups is 1. The third kappa shape index (κ3) is 3.80. The van der Waals surface area contributed by atoms with Crippen molar-refractivity contribution >= 4 is 39.1 Å². The fourth-order valence-electron chi connectivity index (χ4n) is 1.71. The Balaban J connectivity index is 2.12. The van der Waals surface area contributed by atoms with E-state index < -0.39 is 10.8 Å². The molecule has 0 aliphatic carbocycles. The van der Waals surface area contributed by atoms with Crippen molar-refractivity contribution < 1.29 is 9.72 Å². The lowest BCUT2D eigenvalue weighted by atomic mass is 10.1. The summed E-state index contributed by atoms with van der Waals surface area (Å²) in [6.07, 6.45) is 0. The highest BCUT2D eigenvalue weighted by atomic mass is 79.9. The van der Waals surface area contributed by atoms with Gasteiger partial charge in [-0.3, -0.25) is 14.9 Å². The minimum Gasteiger partial charge on any atom is -0.348 e. The van der Waals surface area contributed by atoms with Gasteiger partial charge < -0.3 is 5.32 Å². The number of halogens is 2. The maximum Gasteiger partial charge on any atom is 0.288 e. The Hall–Kier alpha value is -1.92. The average Bonchev–Trinajstić information content (AvgIpc) is 2.46. The smallest absolute Gasteiger partial charge is 0.288 e. The van der Waals surface area contributed by atoms with E-state index in [-0.39, 0.29) is 16.3 Å². The van der Waals surface area contributed by atoms with Crippen molar-refractivity contribution in [1.29, 1.82) is 0 Å². The first-order chi connectivity index (χ1) is 9.99. The molecular formula is C14H10BrClN2O3. The number of hydrogen-bond acceptors (Lipinski definition) is 3. The number of nitro benzene ring substituents is 1. The van der Waals surface area contributed by atoms with Crippen LogP contribution in [0.25, 0.3) is 0 Å². The Labute approximate surface area is 134 Å². The third-order valence-electron chi connectivity index (χ3n) is 2.80. The van der Waals surface area contributed by atoms with Gasteiger partial charge in [-0.2, -0.15) is 0 Å². The molecule has 0 heterocycles. The van der Waals surface area contributed by atoms with Crippen molar-refractivity contribution in [3.8, 4) is 0 Å². The Kier molecular flexibility index (Phi) is 4.93. The fourth-order valence-corrected chi connectivity index (χ4v) is 2.32. The predicted octanol–water partition coefficient (Wildman–Crippen LogP) is 3.94.